The number of hydrogen-bond acceptors (Lipinski definition) is 2. The van der Waals surface area contributed by atoms with Crippen LogP contribution in [0.25, 0.3) is 68.3 Å². The zero-order valence-electron chi connectivity index (χ0n) is 29.4. The van der Waals surface area contributed by atoms with E-state index in [1.165, 1.54) is 49.6 Å². The molecule has 0 amide bonds. The van der Waals surface area contributed by atoms with Crippen molar-refractivity contribution in [1.82, 2.24) is 4.57 Å². The normalized spacial score (nSPS) is 13.8. The lowest BCUT2D eigenvalue weighted by Gasteiger charge is -2.33. The quantitative estimate of drug-likeness (QED) is 0.163. The van der Waals surface area contributed by atoms with Gasteiger partial charge in [-0.05, 0) is 90.1 Å². The van der Waals surface area contributed by atoms with E-state index in [0.717, 1.165) is 57.2 Å². The predicted molar refractivity (Wildman–Crippen MR) is 215 cm³/mol. The monoisotopic (exact) mass is 650 g/mol. The molecular formula is C47H42N2O. The van der Waals surface area contributed by atoms with Gasteiger partial charge >= 0.3 is 0 Å². The van der Waals surface area contributed by atoms with E-state index in [1.54, 1.807) is 0 Å². The fourth-order valence-electron chi connectivity index (χ4n) is 8.71. The summed E-state index contributed by atoms with van der Waals surface area (Å²) in [5.74, 6) is 0. The summed E-state index contributed by atoms with van der Waals surface area (Å²) in [6.07, 6.45) is 7.84. The number of aryl methyl sites for hydroxylation is 2. The van der Waals surface area contributed by atoms with Gasteiger partial charge in [-0.2, -0.15) is 0 Å². The molecule has 8 rings (SSSR count). The number of hydrogen-bond donors (Lipinski definition) is 0. The molecule has 2 heterocycles. The van der Waals surface area contributed by atoms with Crippen molar-refractivity contribution in [2.45, 2.75) is 39.0 Å². The Kier molecular flexibility index (Phi) is 7.34. The van der Waals surface area contributed by atoms with E-state index in [1.807, 2.05) is 36.4 Å². The Hall–Kier alpha value is -5.80. The number of rotatable bonds is 8. The molecule has 0 bridgehead atoms. The summed E-state index contributed by atoms with van der Waals surface area (Å²) in [6, 6.07) is 32.7. The minimum Gasteiger partial charge on any atom is -0.454 e. The van der Waals surface area contributed by atoms with Crippen LogP contribution in [0.5, 0.6) is 0 Å². The van der Waals surface area contributed by atoms with Crippen LogP contribution in [-0.4, -0.2) is 4.57 Å². The summed E-state index contributed by atoms with van der Waals surface area (Å²) in [5.41, 5.74) is 15.1. The highest BCUT2D eigenvalue weighted by Crippen LogP contribution is 2.57. The molecule has 0 atom stereocenters. The lowest BCUT2D eigenvalue weighted by Crippen LogP contribution is -2.30. The zero-order valence-corrected chi connectivity index (χ0v) is 29.4. The van der Waals surface area contributed by atoms with Gasteiger partial charge in [-0.3, -0.25) is 0 Å². The van der Waals surface area contributed by atoms with E-state index in [2.05, 4.69) is 136 Å². The van der Waals surface area contributed by atoms with Gasteiger partial charge in [0, 0.05) is 56.1 Å². The van der Waals surface area contributed by atoms with Crippen molar-refractivity contribution in [2.75, 3.05) is 4.90 Å². The Morgan fingerprint density at radius 3 is 2.18 bits per heavy atom. The van der Waals surface area contributed by atoms with Crippen LogP contribution in [0.1, 0.15) is 54.5 Å². The van der Waals surface area contributed by atoms with E-state index >= 15 is 0 Å². The summed E-state index contributed by atoms with van der Waals surface area (Å²) >= 11 is 0. The molecule has 1 aliphatic rings. The first kappa shape index (κ1) is 31.5. The summed E-state index contributed by atoms with van der Waals surface area (Å²) < 4.78 is 8.91. The summed E-state index contributed by atoms with van der Waals surface area (Å²) in [4.78, 5) is 2.30. The van der Waals surface area contributed by atoms with Gasteiger partial charge in [-0.15, -0.1) is 0 Å². The molecule has 0 spiro atoms. The molecule has 0 saturated carbocycles. The average molecular weight is 651 g/mol. The molecule has 7 aromatic rings. The maximum absolute atomic E-state index is 6.64. The number of anilines is 2. The lowest BCUT2D eigenvalue weighted by atomic mass is 9.73. The van der Waals surface area contributed by atoms with E-state index in [-0.39, 0.29) is 5.41 Å². The highest BCUT2D eigenvalue weighted by molar-refractivity contribution is 6.10. The second-order valence-corrected chi connectivity index (χ2v) is 13.5. The molecule has 2 aromatic heterocycles. The van der Waals surface area contributed by atoms with Gasteiger partial charge in [0.15, 0.2) is 5.42 Å². The second kappa shape index (κ2) is 11.7. The van der Waals surface area contributed by atoms with Gasteiger partial charge in [0.2, 0.25) is 0 Å². The Balaban J connectivity index is 1.54. The fourth-order valence-corrected chi connectivity index (χ4v) is 8.71. The van der Waals surface area contributed by atoms with E-state index in [4.69, 9.17) is 4.42 Å². The zero-order chi connectivity index (χ0) is 34.9. The molecule has 3 heteroatoms. The van der Waals surface area contributed by atoms with E-state index in [0.29, 0.717) is 5.42 Å². The maximum atomic E-state index is 6.64. The molecular weight excluding hydrogens is 609 g/mol. The number of nitrogens with zero attached hydrogens (tertiary/aromatic N) is 2. The van der Waals surface area contributed by atoms with E-state index < -0.39 is 0 Å². The predicted octanol–water partition coefficient (Wildman–Crippen LogP) is 11.3. The Bertz CT molecular complexity index is 2680. The summed E-state index contributed by atoms with van der Waals surface area (Å²) in [6.45, 7) is 24.6. The van der Waals surface area contributed by atoms with Gasteiger partial charge < -0.3 is 13.9 Å². The molecule has 5 aromatic carbocycles. The largest absolute Gasteiger partial charge is 0.454 e. The molecule has 0 fully saturated rings. The third-order valence-corrected chi connectivity index (χ3v) is 11.2. The minimum atomic E-state index is -0.153. The second-order valence-electron chi connectivity index (χ2n) is 13.5. The first-order valence-corrected chi connectivity index (χ1v) is 17.5. The Labute approximate surface area is 294 Å². The lowest BCUT2D eigenvalue weighted by molar-refractivity contribution is 0.490. The number of benzene rings is 5. The van der Waals surface area contributed by atoms with Crippen molar-refractivity contribution in [3.63, 3.8) is 0 Å². The van der Waals surface area contributed by atoms with Crippen LogP contribution in [0.3, 0.4) is 0 Å². The smallest absolute Gasteiger partial charge is 0.158 e. The number of para-hydroxylation sites is 2. The molecule has 0 saturated heterocycles. The highest BCUT2D eigenvalue weighted by atomic mass is 16.3. The molecule has 0 N–H and O–H groups in total. The van der Waals surface area contributed by atoms with Crippen molar-refractivity contribution in [3.8, 4) is 11.1 Å². The summed E-state index contributed by atoms with van der Waals surface area (Å²) in [7, 11) is 2.13. The van der Waals surface area contributed by atoms with Crippen molar-refractivity contribution in [1.29, 1.82) is 0 Å². The molecule has 50 heavy (non-hydrogen) atoms. The first-order chi connectivity index (χ1) is 24.3. The van der Waals surface area contributed by atoms with E-state index in [9.17, 15) is 0 Å². The molecule has 0 unspecified atom stereocenters. The summed E-state index contributed by atoms with van der Waals surface area (Å²) in [5, 5.41) is 4.20. The molecule has 1 aliphatic carbocycles. The van der Waals surface area contributed by atoms with Crippen LogP contribution in [0.2, 0.25) is 0 Å². The number of aromatic nitrogens is 1. The van der Waals surface area contributed by atoms with Gasteiger partial charge in [0.1, 0.15) is 5.58 Å². The SMILES string of the molecule is C=C/C(=c1/oc2ccccc2c1=C)N(c1ccc2c(c1)c1ccccc1n2C)c1cc2c(c(C=C)c1C=C)-c1ccc(C)cc1C2(CC)CC. The van der Waals surface area contributed by atoms with Crippen LogP contribution in [0.15, 0.2) is 121 Å². The van der Waals surface area contributed by atoms with Crippen molar-refractivity contribution < 1.29 is 4.42 Å². The van der Waals surface area contributed by atoms with Gasteiger partial charge in [0.25, 0.3) is 0 Å². The minimum absolute atomic E-state index is 0.153. The van der Waals surface area contributed by atoms with Crippen molar-refractivity contribution in [3.05, 3.63) is 155 Å². The molecule has 0 aliphatic heterocycles. The number of fused-ring (bicyclic) bond motifs is 7. The topological polar surface area (TPSA) is 21.3 Å². The van der Waals surface area contributed by atoms with Crippen LogP contribution in [-0.2, 0) is 12.5 Å². The highest BCUT2D eigenvalue weighted by Gasteiger charge is 2.43. The third kappa shape index (κ3) is 4.23. The fraction of sp³-hybridized carbons (Fsp3) is 0.149. The van der Waals surface area contributed by atoms with Crippen LogP contribution < -0.4 is 15.5 Å². The third-order valence-electron chi connectivity index (χ3n) is 11.2. The van der Waals surface area contributed by atoms with Crippen molar-refractivity contribution >= 4 is 68.6 Å². The van der Waals surface area contributed by atoms with Crippen LogP contribution >= 0.6 is 0 Å². The first-order valence-electron chi connectivity index (χ1n) is 17.5. The average Bonchev–Trinajstić information content (AvgIpc) is 3.74. The molecule has 0 radical (unpaired) electrons. The molecule has 3 nitrogen and oxygen atoms in total. The Morgan fingerprint density at radius 2 is 1.48 bits per heavy atom. The number of furan rings is 1. The van der Waals surface area contributed by atoms with Crippen molar-refractivity contribution in [2.24, 2.45) is 7.05 Å². The van der Waals surface area contributed by atoms with Gasteiger partial charge in [-0.1, -0.05) is 112 Å². The Morgan fingerprint density at radius 1 is 0.780 bits per heavy atom. The van der Waals surface area contributed by atoms with Crippen LogP contribution in [0, 0.1) is 6.92 Å². The maximum Gasteiger partial charge on any atom is 0.158 e. The van der Waals surface area contributed by atoms with Gasteiger partial charge in [-0.25, -0.2) is 0 Å². The van der Waals surface area contributed by atoms with Crippen LogP contribution in [0.4, 0.5) is 11.4 Å². The molecule has 246 valence electrons. The van der Waals surface area contributed by atoms with Gasteiger partial charge in [0.05, 0.1) is 11.4 Å². The standard InChI is InChI=1S/C47H42N2O/c1-9-32-33(10-2)45-36-24-22-29(6)26-38(36)47(12-4,13-5)39(45)28-43(32)49(40(11-3)46-30(7)34-18-15-17-21-44(34)50-46)31-23-25-42-37(27-31)35-19-14-16-20-41(35)48(42)8/h9-11,14-28H,1-3,7,12-13H2,4-6,8H3/b46-40-.